The number of rotatable bonds is 4. The van der Waals surface area contributed by atoms with Gasteiger partial charge in [0, 0.05) is 0 Å². The molecule has 0 bridgehead atoms. The number of hydrogen-bond donors (Lipinski definition) is 0. The molecule has 0 saturated carbocycles. The van der Waals surface area contributed by atoms with Crippen LogP contribution in [0, 0.1) is 0 Å². The van der Waals surface area contributed by atoms with E-state index in [-0.39, 0.29) is 12.8 Å². The maximum absolute atomic E-state index is 10.6. The minimum absolute atomic E-state index is 0.0133. The van der Waals surface area contributed by atoms with Crippen LogP contribution >= 0.6 is 11.9 Å². The average molecular weight is 181 g/mol. The summed E-state index contributed by atoms with van der Waals surface area (Å²) >= 11 is 4.71. The standard InChI is InChI=1S/C6H9ClO4/c1-2-10-5(8)3-4-6(9)11-7/h2-4H2,1H3. The van der Waals surface area contributed by atoms with E-state index in [1.807, 2.05) is 0 Å². The van der Waals surface area contributed by atoms with Crippen LogP contribution in [-0.4, -0.2) is 18.5 Å². The number of halogens is 1. The molecule has 0 aromatic heterocycles. The van der Waals surface area contributed by atoms with Crippen LogP contribution in [0.5, 0.6) is 0 Å². The normalized spacial score (nSPS) is 8.91. The third-order valence-electron chi connectivity index (χ3n) is 0.925. The van der Waals surface area contributed by atoms with Crippen molar-refractivity contribution in [3.8, 4) is 0 Å². The maximum Gasteiger partial charge on any atom is 0.325 e. The van der Waals surface area contributed by atoms with E-state index in [0.717, 1.165) is 0 Å². The molecule has 0 radical (unpaired) electrons. The van der Waals surface area contributed by atoms with Gasteiger partial charge in [-0.2, -0.15) is 0 Å². The van der Waals surface area contributed by atoms with Gasteiger partial charge < -0.3 is 9.03 Å². The first-order valence-electron chi connectivity index (χ1n) is 3.17. The zero-order valence-corrected chi connectivity index (χ0v) is 6.89. The molecule has 5 heteroatoms. The van der Waals surface area contributed by atoms with Crippen LogP contribution in [0.15, 0.2) is 0 Å². The van der Waals surface area contributed by atoms with Crippen molar-refractivity contribution in [1.29, 1.82) is 0 Å². The summed E-state index contributed by atoms with van der Waals surface area (Å²) in [5.74, 6) is -1.05. The molecule has 0 heterocycles. The molecule has 0 N–H and O–H groups in total. The van der Waals surface area contributed by atoms with Crippen LogP contribution in [0.2, 0.25) is 0 Å². The molecule has 0 atom stereocenters. The van der Waals surface area contributed by atoms with Gasteiger partial charge in [-0.3, -0.25) is 9.59 Å². The number of esters is 1. The van der Waals surface area contributed by atoms with Crippen molar-refractivity contribution in [1.82, 2.24) is 0 Å². The summed E-state index contributed by atoms with van der Waals surface area (Å²) in [5.41, 5.74) is 0. The minimum Gasteiger partial charge on any atom is -0.466 e. The molecule has 0 aliphatic rings. The number of hydrogen-bond acceptors (Lipinski definition) is 4. The highest BCUT2D eigenvalue weighted by atomic mass is 35.5. The lowest BCUT2D eigenvalue weighted by Crippen LogP contribution is -2.07. The first-order chi connectivity index (χ1) is 5.20. The molecule has 0 spiro atoms. The van der Waals surface area contributed by atoms with E-state index in [9.17, 15) is 9.59 Å². The predicted octanol–water partition coefficient (Wildman–Crippen LogP) is 1.03. The Morgan fingerprint density at radius 1 is 1.27 bits per heavy atom. The quantitative estimate of drug-likeness (QED) is 0.607. The summed E-state index contributed by atoms with van der Waals surface area (Å²) in [4.78, 5) is 20.9. The van der Waals surface area contributed by atoms with Gasteiger partial charge in [-0.15, -0.1) is 0 Å². The van der Waals surface area contributed by atoms with Gasteiger partial charge in [-0.25, -0.2) is 0 Å². The van der Waals surface area contributed by atoms with E-state index in [0.29, 0.717) is 6.61 Å². The molecule has 0 aromatic carbocycles. The average Bonchev–Trinajstić information content (AvgIpc) is 2.01. The second-order valence-electron chi connectivity index (χ2n) is 1.75. The van der Waals surface area contributed by atoms with Crippen molar-refractivity contribution in [3.05, 3.63) is 0 Å². The van der Waals surface area contributed by atoms with Crippen LogP contribution in [0.1, 0.15) is 19.8 Å². The summed E-state index contributed by atoms with van der Waals surface area (Å²) in [6, 6.07) is 0. The van der Waals surface area contributed by atoms with E-state index in [4.69, 9.17) is 11.9 Å². The predicted molar refractivity (Wildman–Crippen MR) is 37.8 cm³/mol. The van der Waals surface area contributed by atoms with Crippen molar-refractivity contribution >= 4 is 23.8 Å². The SMILES string of the molecule is CCOC(=O)CCC(=O)OCl. The smallest absolute Gasteiger partial charge is 0.325 e. The topological polar surface area (TPSA) is 52.6 Å². The number of carbonyl (C=O) groups is 2. The fraction of sp³-hybridized carbons (Fsp3) is 0.667. The van der Waals surface area contributed by atoms with Gasteiger partial charge in [0.15, 0.2) is 0 Å². The van der Waals surface area contributed by atoms with E-state index in [1.54, 1.807) is 6.92 Å². The Hall–Kier alpha value is -0.770. The molecular weight excluding hydrogens is 172 g/mol. The van der Waals surface area contributed by atoms with Crippen LogP contribution in [-0.2, 0) is 18.6 Å². The highest BCUT2D eigenvalue weighted by Crippen LogP contribution is 1.96. The number of ether oxygens (including phenoxy) is 1. The third-order valence-corrected chi connectivity index (χ3v) is 1.10. The van der Waals surface area contributed by atoms with Gasteiger partial charge in [0.05, 0.1) is 19.4 Å². The van der Waals surface area contributed by atoms with Crippen LogP contribution in [0.3, 0.4) is 0 Å². The monoisotopic (exact) mass is 180 g/mol. The molecule has 64 valence electrons. The zero-order chi connectivity index (χ0) is 8.69. The number of carbonyl (C=O) groups excluding carboxylic acids is 2. The Bertz CT molecular complexity index is 146. The second kappa shape index (κ2) is 5.97. The molecule has 4 nitrogen and oxygen atoms in total. The van der Waals surface area contributed by atoms with E-state index in [2.05, 4.69) is 9.03 Å². The lowest BCUT2D eigenvalue weighted by molar-refractivity contribution is -0.146. The lowest BCUT2D eigenvalue weighted by Gasteiger charge is -1.98. The van der Waals surface area contributed by atoms with Crippen LogP contribution < -0.4 is 0 Å². The molecule has 0 aromatic rings. The Morgan fingerprint density at radius 3 is 2.27 bits per heavy atom. The summed E-state index contributed by atoms with van der Waals surface area (Å²) in [6.07, 6.45) is -0.0261. The second-order valence-corrected chi connectivity index (χ2v) is 1.91. The van der Waals surface area contributed by atoms with Gasteiger partial charge in [-0.05, 0) is 6.92 Å². The van der Waals surface area contributed by atoms with Crippen LogP contribution in [0.25, 0.3) is 0 Å². The first-order valence-corrected chi connectivity index (χ1v) is 3.48. The third kappa shape index (κ3) is 5.66. The van der Waals surface area contributed by atoms with Gasteiger partial charge in [0.25, 0.3) is 0 Å². The van der Waals surface area contributed by atoms with E-state index >= 15 is 0 Å². The molecule has 0 unspecified atom stereocenters. The molecule has 11 heavy (non-hydrogen) atoms. The first kappa shape index (κ1) is 10.2. The molecule has 0 rings (SSSR count). The van der Waals surface area contributed by atoms with Gasteiger partial charge in [0.1, 0.15) is 11.9 Å². The molecule has 0 amide bonds. The largest absolute Gasteiger partial charge is 0.466 e. The Labute approximate surface area is 69.6 Å². The maximum atomic E-state index is 10.6. The zero-order valence-electron chi connectivity index (χ0n) is 6.13. The van der Waals surface area contributed by atoms with Crippen molar-refractivity contribution in [2.24, 2.45) is 0 Å². The lowest BCUT2D eigenvalue weighted by atomic mass is 10.3. The van der Waals surface area contributed by atoms with E-state index in [1.165, 1.54) is 0 Å². The molecule has 0 fully saturated rings. The van der Waals surface area contributed by atoms with Gasteiger partial charge >= 0.3 is 11.9 Å². The van der Waals surface area contributed by atoms with Crippen molar-refractivity contribution in [3.63, 3.8) is 0 Å². The summed E-state index contributed by atoms with van der Waals surface area (Å²) in [5, 5.41) is 0. The molecule has 0 aliphatic carbocycles. The molecule has 0 saturated heterocycles. The Morgan fingerprint density at radius 2 is 1.82 bits per heavy atom. The molecule has 0 aliphatic heterocycles. The minimum atomic E-state index is -0.625. The summed E-state index contributed by atoms with van der Waals surface area (Å²) in [7, 11) is 0. The van der Waals surface area contributed by atoms with Gasteiger partial charge in [0.2, 0.25) is 0 Å². The Balaban J connectivity index is 3.38. The highest BCUT2D eigenvalue weighted by molar-refractivity contribution is 6.13. The van der Waals surface area contributed by atoms with Crippen molar-refractivity contribution in [2.75, 3.05) is 6.61 Å². The van der Waals surface area contributed by atoms with Crippen LogP contribution in [0.4, 0.5) is 0 Å². The van der Waals surface area contributed by atoms with Gasteiger partial charge in [-0.1, -0.05) is 0 Å². The highest BCUT2D eigenvalue weighted by Gasteiger charge is 2.07. The van der Waals surface area contributed by atoms with Crippen molar-refractivity contribution < 1.29 is 18.6 Å². The Kier molecular flexibility index (Phi) is 5.56. The van der Waals surface area contributed by atoms with E-state index < -0.39 is 11.9 Å². The summed E-state index contributed by atoms with van der Waals surface area (Å²) < 4.78 is 8.35. The fourth-order valence-corrected chi connectivity index (χ4v) is 0.553. The fourth-order valence-electron chi connectivity index (χ4n) is 0.476. The summed E-state index contributed by atoms with van der Waals surface area (Å²) in [6.45, 7) is 2.01. The molecular formula is C6H9ClO4. The van der Waals surface area contributed by atoms with Crippen molar-refractivity contribution in [2.45, 2.75) is 19.8 Å².